The zero-order valence-corrected chi connectivity index (χ0v) is 13.6. The van der Waals surface area contributed by atoms with Crippen LogP contribution in [0.25, 0.3) is 0 Å². The first-order valence-electron chi connectivity index (χ1n) is 6.66. The highest BCUT2D eigenvalue weighted by Gasteiger charge is 2.14. The van der Waals surface area contributed by atoms with E-state index in [1.54, 1.807) is 10.7 Å². The number of hydrogen-bond acceptors (Lipinski definition) is 4. The van der Waals surface area contributed by atoms with Crippen LogP contribution >= 0.6 is 15.9 Å². The number of nitro benzene ring substituents is 1. The van der Waals surface area contributed by atoms with Gasteiger partial charge in [-0.25, -0.2) is 0 Å². The molecule has 0 amide bonds. The Balaban J connectivity index is 2.05. The molecule has 21 heavy (non-hydrogen) atoms. The predicted molar refractivity (Wildman–Crippen MR) is 83.9 cm³/mol. The van der Waals surface area contributed by atoms with Gasteiger partial charge in [-0.3, -0.25) is 14.8 Å². The molecule has 0 aliphatic heterocycles. The number of aryl methyl sites for hydroxylation is 2. The Kier molecular flexibility index (Phi) is 5.08. The van der Waals surface area contributed by atoms with Gasteiger partial charge < -0.3 is 5.32 Å². The van der Waals surface area contributed by atoms with Crippen LogP contribution in [0, 0.1) is 10.1 Å². The van der Waals surface area contributed by atoms with Crippen molar-refractivity contribution >= 4 is 21.6 Å². The van der Waals surface area contributed by atoms with Crippen LogP contribution in [0.1, 0.15) is 23.7 Å². The van der Waals surface area contributed by atoms with Crippen molar-refractivity contribution in [3.63, 3.8) is 0 Å². The minimum Gasteiger partial charge on any atom is -0.308 e. The van der Waals surface area contributed by atoms with E-state index in [1.807, 2.05) is 19.3 Å². The standard InChI is InChI=1S/C14H17BrN4O2/c1-3-13-11(9-18(2)17-13)8-16-7-10-4-5-12(15)6-14(10)19(20)21/h4-6,9,16H,3,7-8H2,1-2H3. The summed E-state index contributed by atoms with van der Waals surface area (Å²) in [5.74, 6) is 0. The van der Waals surface area contributed by atoms with E-state index in [2.05, 4.69) is 33.3 Å². The van der Waals surface area contributed by atoms with Gasteiger partial charge in [0.15, 0.2) is 0 Å². The lowest BCUT2D eigenvalue weighted by atomic mass is 10.1. The average molecular weight is 353 g/mol. The Hall–Kier alpha value is -1.73. The van der Waals surface area contributed by atoms with E-state index < -0.39 is 0 Å². The molecule has 7 heteroatoms. The SMILES string of the molecule is CCc1nn(C)cc1CNCc1ccc(Br)cc1[N+](=O)[O-]. The van der Waals surface area contributed by atoms with Crippen molar-refractivity contribution in [3.8, 4) is 0 Å². The number of rotatable bonds is 6. The molecule has 0 unspecified atom stereocenters. The van der Waals surface area contributed by atoms with Crippen LogP contribution in [0.15, 0.2) is 28.9 Å². The quantitative estimate of drug-likeness (QED) is 0.640. The van der Waals surface area contributed by atoms with E-state index in [1.165, 1.54) is 6.07 Å². The van der Waals surface area contributed by atoms with Gasteiger partial charge in [-0.2, -0.15) is 5.10 Å². The van der Waals surface area contributed by atoms with E-state index in [0.717, 1.165) is 17.7 Å². The van der Waals surface area contributed by atoms with E-state index >= 15 is 0 Å². The highest BCUT2D eigenvalue weighted by atomic mass is 79.9. The molecule has 0 aliphatic carbocycles. The number of aromatic nitrogens is 2. The minimum atomic E-state index is -0.358. The monoisotopic (exact) mass is 352 g/mol. The summed E-state index contributed by atoms with van der Waals surface area (Å²) >= 11 is 3.26. The number of nitro groups is 1. The molecule has 0 fully saturated rings. The van der Waals surface area contributed by atoms with Crippen molar-refractivity contribution in [2.45, 2.75) is 26.4 Å². The maximum atomic E-state index is 11.1. The Morgan fingerprint density at radius 2 is 2.10 bits per heavy atom. The minimum absolute atomic E-state index is 0.124. The number of benzene rings is 1. The molecule has 2 rings (SSSR count). The Bertz CT molecular complexity index is 654. The van der Waals surface area contributed by atoms with Gasteiger partial charge in [-0.05, 0) is 18.6 Å². The van der Waals surface area contributed by atoms with Crippen LogP contribution in [0.2, 0.25) is 0 Å². The molecule has 1 heterocycles. The van der Waals surface area contributed by atoms with E-state index in [-0.39, 0.29) is 10.6 Å². The molecule has 2 aromatic rings. The molecular formula is C14H17BrN4O2. The van der Waals surface area contributed by atoms with Crippen LogP contribution in [-0.4, -0.2) is 14.7 Å². The maximum Gasteiger partial charge on any atom is 0.275 e. The van der Waals surface area contributed by atoms with Crippen molar-refractivity contribution in [3.05, 3.63) is 55.8 Å². The third-order valence-corrected chi connectivity index (χ3v) is 3.69. The lowest BCUT2D eigenvalue weighted by molar-refractivity contribution is -0.385. The average Bonchev–Trinajstić information content (AvgIpc) is 2.80. The second kappa shape index (κ2) is 6.82. The summed E-state index contributed by atoms with van der Waals surface area (Å²) in [6.07, 6.45) is 2.85. The smallest absolute Gasteiger partial charge is 0.275 e. The van der Waals surface area contributed by atoms with Crippen LogP contribution in [0.3, 0.4) is 0 Å². The second-order valence-electron chi connectivity index (χ2n) is 4.76. The van der Waals surface area contributed by atoms with Gasteiger partial charge in [0.2, 0.25) is 0 Å². The largest absolute Gasteiger partial charge is 0.308 e. The van der Waals surface area contributed by atoms with Gasteiger partial charge in [0.25, 0.3) is 5.69 Å². The molecule has 0 radical (unpaired) electrons. The van der Waals surface area contributed by atoms with Crippen molar-refractivity contribution in [1.82, 2.24) is 15.1 Å². The zero-order valence-electron chi connectivity index (χ0n) is 12.0. The molecule has 1 N–H and O–H groups in total. The van der Waals surface area contributed by atoms with Gasteiger partial charge in [0.1, 0.15) is 0 Å². The van der Waals surface area contributed by atoms with Crippen LogP contribution < -0.4 is 5.32 Å². The fraction of sp³-hybridized carbons (Fsp3) is 0.357. The van der Waals surface area contributed by atoms with E-state index in [0.29, 0.717) is 23.1 Å². The third kappa shape index (κ3) is 3.89. The number of halogens is 1. The highest BCUT2D eigenvalue weighted by molar-refractivity contribution is 9.10. The molecule has 0 atom stereocenters. The fourth-order valence-electron chi connectivity index (χ4n) is 2.22. The molecule has 6 nitrogen and oxygen atoms in total. The maximum absolute atomic E-state index is 11.1. The van der Waals surface area contributed by atoms with Crippen molar-refractivity contribution in [1.29, 1.82) is 0 Å². The first kappa shape index (κ1) is 15.7. The summed E-state index contributed by atoms with van der Waals surface area (Å²) in [6, 6.07) is 5.10. The van der Waals surface area contributed by atoms with Gasteiger partial charge in [-0.1, -0.05) is 22.9 Å². The summed E-state index contributed by atoms with van der Waals surface area (Å²) in [4.78, 5) is 10.7. The van der Waals surface area contributed by atoms with E-state index in [9.17, 15) is 10.1 Å². The molecule has 0 bridgehead atoms. The Morgan fingerprint density at radius 3 is 2.76 bits per heavy atom. The van der Waals surface area contributed by atoms with Gasteiger partial charge in [0.05, 0.1) is 10.6 Å². The van der Waals surface area contributed by atoms with Crippen molar-refractivity contribution in [2.75, 3.05) is 0 Å². The van der Waals surface area contributed by atoms with Crippen molar-refractivity contribution < 1.29 is 4.92 Å². The summed E-state index contributed by atoms with van der Waals surface area (Å²) in [6.45, 7) is 3.15. The van der Waals surface area contributed by atoms with Gasteiger partial charge in [-0.15, -0.1) is 0 Å². The molecule has 112 valence electrons. The first-order chi connectivity index (χ1) is 10.0. The second-order valence-corrected chi connectivity index (χ2v) is 5.68. The molecule has 0 saturated carbocycles. The lowest BCUT2D eigenvalue weighted by Crippen LogP contribution is -2.14. The van der Waals surface area contributed by atoms with Gasteiger partial charge >= 0.3 is 0 Å². The van der Waals surface area contributed by atoms with Crippen molar-refractivity contribution in [2.24, 2.45) is 7.05 Å². The number of nitrogens with zero attached hydrogens (tertiary/aromatic N) is 3. The Labute approximate surface area is 131 Å². The summed E-state index contributed by atoms with van der Waals surface area (Å²) in [7, 11) is 1.89. The van der Waals surface area contributed by atoms with Crippen LogP contribution in [-0.2, 0) is 26.6 Å². The number of hydrogen-bond donors (Lipinski definition) is 1. The topological polar surface area (TPSA) is 73.0 Å². The van der Waals surface area contributed by atoms with E-state index in [4.69, 9.17) is 0 Å². The summed E-state index contributed by atoms with van der Waals surface area (Å²) < 4.78 is 2.50. The fourth-order valence-corrected chi connectivity index (χ4v) is 2.57. The van der Waals surface area contributed by atoms with Gasteiger partial charge in [0, 0.05) is 48.0 Å². The molecule has 0 spiro atoms. The summed E-state index contributed by atoms with van der Waals surface area (Å²) in [5, 5.41) is 18.7. The zero-order chi connectivity index (χ0) is 15.4. The summed E-state index contributed by atoms with van der Waals surface area (Å²) in [5.41, 5.74) is 2.97. The number of nitrogens with one attached hydrogen (secondary N) is 1. The molecule has 0 aliphatic rings. The normalized spacial score (nSPS) is 10.8. The molecule has 1 aromatic carbocycles. The molecule has 0 saturated heterocycles. The molecular weight excluding hydrogens is 336 g/mol. The predicted octanol–water partition coefficient (Wildman–Crippen LogP) is 2.94. The lowest BCUT2D eigenvalue weighted by Gasteiger charge is -2.06. The third-order valence-electron chi connectivity index (χ3n) is 3.20. The Morgan fingerprint density at radius 1 is 1.38 bits per heavy atom. The highest BCUT2D eigenvalue weighted by Crippen LogP contribution is 2.23. The first-order valence-corrected chi connectivity index (χ1v) is 7.45. The van der Waals surface area contributed by atoms with Crippen LogP contribution in [0.5, 0.6) is 0 Å². The van der Waals surface area contributed by atoms with Crippen LogP contribution in [0.4, 0.5) is 5.69 Å². The molecule has 1 aromatic heterocycles.